The molecule has 3 aromatic rings. The molecule has 6 heteroatoms. The van der Waals surface area contributed by atoms with E-state index in [0.717, 1.165) is 16.9 Å². The summed E-state index contributed by atoms with van der Waals surface area (Å²) < 4.78 is 0. The smallest absolute Gasteiger partial charge is 0.139 e. The van der Waals surface area contributed by atoms with Gasteiger partial charge in [0.25, 0.3) is 0 Å². The Morgan fingerprint density at radius 3 is 2.69 bits per heavy atom. The van der Waals surface area contributed by atoms with Crippen LogP contribution < -0.4 is 4.90 Å². The Hall–Kier alpha value is -2.63. The van der Waals surface area contributed by atoms with Gasteiger partial charge in [0.1, 0.15) is 16.6 Å². The lowest BCUT2D eigenvalue weighted by Gasteiger charge is -2.18. The SMILES string of the molecule is Cc1ccc(-c2csc(C3=C(O)CN(c4cccc(Cl)c4)C3=N)n2)cc1. The van der Waals surface area contributed by atoms with Gasteiger partial charge in [-0.05, 0) is 25.1 Å². The first-order chi connectivity index (χ1) is 12.5. The number of nitrogens with zero attached hydrogens (tertiary/aromatic N) is 2. The molecule has 0 fully saturated rings. The Labute approximate surface area is 160 Å². The van der Waals surface area contributed by atoms with Crippen molar-refractivity contribution < 1.29 is 5.11 Å². The van der Waals surface area contributed by atoms with Crippen molar-refractivity contribution in [3.63, 3.8) is 0 Å². The van der Waals surface area contributed by atoms with Crippen LogP contribution in [0.15, 0.2) is 59.7 Å². The number of aliphatic hydroxyl groups is 1. The van der Waals surface area contributed by atoms with E-state index < -0.39 is 0 Å². The number of hydrogen-bond donors (Lipinski definition) is 2. The molecule has 1 aliphatic rings. The van der Waals surface area contributed by atoms with Crippen LogP contribution in [0.2, 0.25) is 5.02 Å². The van der Waals surface area contributed by atoms with Gasteiger partial charge in [0, 0.05) is 21.7 Å². The Balaban J connectivity index is 1.65. The Morgan fingerprint density at radius 2 is 1.96 bits per heavy atom. The van der Waals surface area contributed by atoms with E-state index in [1.54, 1.807) is 17.0 Å². The number of benzene rings is 2. The third-order valence-corrected chi connectivity index (χ3v) is 5.38. The fourth-order valence-electron chi connectivity index (χ4n) is 2.91. The van der Waals surface area contributed by atoms with Gasteiger partial charge in [-0.1, -0.05) is 47.5 Å². The van der Waals surface area contributed by atoms with Crippen molar-refractivity contribution in [2.45, 2.75) is 6.92 Å². The van der Waals surface area contributed by atoms with E-state index in [9.17, 15) is 5.11 Å². The van der Waals surface area contributed by atoms with Crippen molar-refractivity contribution in [1.82, 2.24) is 4.98 Å². The molecule has 0 aliphatic carbocycles. The topological polar surface area (TPSA) is 60.2 Å². The molecule has 2 N–H and O–H groups in total. The molecule has 2 aromatic carbocycles. The first kappa shape index (κ1) is 16.8. The highest BCUT2D eigenvalue weighted by molar-refractivity contribution is 7.11. The summed E-state index contributed by atoms with van der Waals surface area (Å²) >= 11 is 7.49. The summed E-state index contributed by atoms with van der Waals surface area (Å²) in [7, 11) is 0. The maximum absolute atomic E-state index is 10.5. The molecule has 0 unspecified atom stereocenters. The zero-order chi connectivity index (χ0) is 18.3. The van der Waals surface area contributed by atoms with Gasteiger partial charge >= 0.3 is 0 Å². The quantitative estimate of drug-likeness (QED) is 0.626. The van der Waals surface area contributed by atoms with Crippen molar-refractivity contribution >= 4 is 40.0 Å². The van der Waals surface area contributed by atoms with Crippen molar-refractivity contribution in [1.29, 1.82) is 5.41 Å². The van der Waals surface area contributed by atoms with Crippen LogP contribution in [-0.2, 0) is 0 Å². The maximum Gasteiger partial charge on any atom is 0.139 e. The van der Waals surface area contributed by atoms with E-state index in [4.69, 9.17) is 17.0 Å². The number of hydrogen-bond acceptors (Lipinski definition) is 4. The highest BCUT2D eigenvalue weighted by Crippen LogP contribution is 2.34. The first-order valence-corrected chi connectivity index (χ1v) is 9.36. The summed E-state index contributed by atoms with van der Waals surface area (Å²) in [6.07, 6.45) is 0. The molecule has 0 atom stereocenters. The third kappa shape index (κ3) is 3.00. The van der Waals surface area contributed by atoms with Crippen molar-refractivity contribution in [2.24, 2.45) is 0 Å². The lowest BCUT2D eigenvalue weighted by atomic mass is 10.1. The zero-order valence-corrected chi connectivity index (χ0v) is 15.6. The number of aromatic nitrogens is 1. The summed E-state index contributed by atoms with van der Waals surface area (Å²) in [5.41, 5.74) is 4.32. The summed E-state index contributed by atoms with van der Waals surface area (Å²) in [5.74, 6) is 0.384. The van der Waals surface area contributed by atoms with Crippen LogP contribution in [0.1, 0.15) is 10.6 Å². The molecule has 2 heterocycles. The first-order valence-electron chi connectivity index (χ1n) is 8.10. The van der Waals surface area contributed by atoms with E-state index in [1.807, 2.05) is 48.7 Å². The van der Waals surface area contributed by atoms with Gasteiger partial charge in [0.05, 0.1) is 17.8 Å². The molecule has 130 valence electrons. The van der Waals surface area contributed by atoms with Crippen molar-refractivity contribution in [3.05, 3.63) is 75.3 Å². The van der Waals surface area contributed by atoms with Crippen LogP contribution in [0.3, 0.4) is 0 Å². The Bertz CT molecular complexity index is 1020. The van der Waals surface area contributed by atoms with Gasteiger partial charge in [-0.2, -0.15) is 0 Å². The molecule has 26 heavy (non-hydrogen) atoms. The van der Waals surface area contributed by atoms with Crippen LogP contribution in [0.5, 0.6) is 0 Å². The predicted molar refractivity (Wildman–Crippen MR) is 108 cm³/mol. The molecule has 0 saturated carbocycles. The zero-order valence-electron chi connectivity index (χ0n) is 14.0. The minimum absolute atomic E-state index is 0.153. The Kier molecular flexibility index (Phi) is 4.26. The normalized spacial score (nSPS) is 14.4. The second-order valence-electron chi connectivity index (χ2n) is 6.14. The molecule has 1 aromatic heterocycles. The average molecular weight is 382 g/mol. The lowest BCUT2D eigenvalue weighted by Crippen LogP contribution is -2.25. The number of halogens is 1. The molecule has 0 amide bonds. The molecule has 0 spiro atoms. The van der Waals surface area contributed by atoms with E-state index >= 15 is 0 Å². The summed E-state index contributed by atoms with van der Waals surface area (Å²) in [5, 5.41) is 22.2. The molecule has 0 saturated heterocycles. The summed E-state index contributed by atoms with van der Waals surface area (Å²) in [6, 6.07) is 15.4. The van der Waals surface area contributed by atoms with Gasteiger partial charge < -0.3 is 10.0 Å². The van der Waals surface area contributed by atoms with Gasteiger partial charge in [-0.15, -0.1) is 11.3 Å². The summed E-state index contributed by atoms with van der Waals surface area (Å²) in [4.78, 5) is 6.37. The predicted octanol–water partition coefficient (Wildman–Crippen LogP) is 5.54. The van der Waals surface area contributed by atoms with E-state index in [0.29, 0.717) is 15.6 Å². The number of rotatable bonds is 3. The van der Waals surface area contributed by atoms with Crippen LogP contribution in [-0.4, -0.2) is 22.5 Å². The fourth-order valence-corrected chi connectivity index (χ4v) is 3.99. The van der Waals surface area contributed by atoms with Gasteiger partial charge in [0.15, 0.2) is 0 Å². The number of aliphatic hydroxyl groups excluding tert-OH is 1. The molecule has 1 aliphatic heterocycles. The largest absolute Gasteiger partial charge is 0.510 e. The molecule has 0 bridgehead atoms. The van der Waals surface area contributed by atoms with E-state index in [-0.39, 0.29) is 18.1 Å². The number of anilines is 1. The second kappa shape index (κ2) is 6.59. The standard InChI is InChI=1S/C20H16ClN3OS/c1-12-5-7-13(8-6-12)16-11-26-20(23-16)18-17(25)10-24(19(18)22)15-4-2-3-14(21)9-15/h2-9,11,22,25H,10H2,1H3. The minimum Gasteiger partial charge on any atom is -0.510 e. The number of amidine groups is 1. The maximum atomic E-state index is 10.5. The van der Waals surface area contributed by atoms with Crippen LogP contribution in [0.25, 0.3) is 16.8 Å². The van der Waals surface area contributed by atoms with Crippen LogP contribution >= 0.6 is 22.9 Å². The molecular formula is C20H16ClN3OS. The fraction of sp³-hybridized carbons (Fsp3) is 0.100. The van der Waals surface area contributed by atoms with E-state index in [1.165, 1.54) is 16.9 Å². The van der Waals surface area contributed by atoms with Gasteiger partial charge in [-0.3, -0.25) is 5.41 Å². The minimum atomic E-state index is 0.153. The molecule has 0 radical (unpaired) electrons. The van der Waals surface area contributed by atoms with Gasteiger partial charge in [0.2, 0.25) is 0 Å². The lowest BCUT2D eigenvalue weighted by molar-refractivity contribution is 0.411. The highest BCUT2D eigenvalue weighted by atomic mass is 35.5. The summed E-state index contributed by atoms with van der Waals surface area (Å²) in [6.45, 7) is 2.29. The van der Waals surface area contributed by atoms with Gasteiger partial charge in [-0.25, -0.2) is 4.98 Å². The van der Waals surface area contributed by atoms with Crippen LogP contribution in [0.4, 0.5) is 5.69 Å². The number of thiazole rings is 1. The number of aryl methyl sites for hydroxylation is 1. The Morgan fingerprint density at radius 1 is 1.19 bits per heavy atom. The number of nitrogens with one attached hydrogen (secondary N) is 1. The average Bonchev–Trinajstić information content (AvgIpc) is 3.20. The van der Waals surface area contributed by atoms with Crippen LogP contribution in [0, 0.1) is 12.3 Å². The molecule has 4 nitrogen and oxygen atoms in total. The van der Waals surface area contributed by atoms with E-state index in [2.05, 4.69) is 4.98 Å². The second-order valence-corrected chi connectivity index (χ2v) is 7.43. The highest BCUT2D eigenvalue weighted by Gasteiger charge is 2.31. The molecular weight excluding hydrogens is 366 g/mol. The molecule has 4 rings (SSSR count). The van der Waals surface area contributed by atoms with Crippen molar-refractivity contribution in [3.8, 4) is 11.3 Å². The van der Waals surface area contributed by atoms with Crippen molar-refractivity contribution in [2.75, 3.05) is 11.4 Å². The third-order valence-electron chi connectivity index (χ3n) is 4.29. The monoisotopic (exact) mass is 381 g/mol.